The lowest BCUT2D eigenvalue weighted by Gasteiger charge is -2.24. The van der Waals surface area contributed by atoms with E-state index in [0.29, 0.717) is 60.6 Å². The van der Waals surface area contributed by atoms with Crippen LogP contribution < -0.4 is 35.6 Å². The zero-order valence-corrected chi connectivity index (χ0v) is 26.1. The molecule has 0 saturated carbocycles. The van der Waals surface area contributed by atoms with Crippen LogP contribution in [0.3, 0.4) is 0 Å². The Morgan fingerprint density at radius 2 is 1.74 bits per heavy atom. The van der Waals surface area contributed by atoms with Crippen LogP contribution in [0.1, 0.15) is 63.6 Å². The van der Waals surface area contributed by atoms with E-state index >= 15 is 0 Å². The maximum atomic E-state index is 13.7. The normalized spacial score (nSPS) is 15.0. The van der Waals surface area contributed by atoms with E-state index in [-0.39, 0.29) is 41.2 Å². The third-order valence-corrected chi connectivity index (χ3v) is 7.81. The molecular formula is C32H43N3O8. The average molecular weight is 598 g/mol. The minimum atomic E-state index is -0.699. The lowest BCUT2D eigenvalue weighted by Crippen LogP contribution is -2.44. The topological polar surface area (TPSA) is 141 Å². The highest BCUT2D eigenvalue weighted by atomic mass is 16.5. The van der Waals surface area contributed by atoms with Crippen molar-refractivity contribution in [2.24, 2.45) is 5.92 Å². The summed E-state index contributed by atoms with van der Waals surface area (Å²) in [6.07, 6.45) is 2.44. The van der Waals surface area contributed by atoms with Crippen molar-refractivity contribution in [3.8, 4) is 28.4 Å². The van der Waals surface area contributed by atoms with Crippen molar-refractivity contribution in [3.05, 3.63) is 45.6 Å². The molecule has 3 atom stereocenters. The maximum absolute atomic E-state index is 13.7. The highest BCUT2D eigenvalue weighted by Gasteiger charge is 2.30. The zero-order chi connectivity index (χ0) is 31.7. The number of fused-ring (bicyclic) bond motifs is 3. The van der Waals surface area contributed by atoms with E-state index in [1.807, 2.05) is 26.0 Å². The molecule has 1 aliphatic rings. The van der Waals surface area contributed by atoms with E-state index in [4.69, 9.17) is 14.2 Å². The summed E-state index contributed by atoms with van der Waals surface area (Å²) in [5, 5.41) is 9.05. The molecular weight excluding hydrogens is 554 g/mol. The first-order chi connectivity index (χ1) is 20.6. The van der Waals surface area contributed by atoms with Crippen molar-refractivity contribution in [1.82, 2.24) is 10.6 Å². The number of ether oxygens (including phenoxy) is 4. The Labute approximate surface area is 252 Å². The largest absolute Gasteiger partial charge is 0.493 e. The Bertz CT molecular complexity index is 1390. The fraction of sp³-hybridized carbons (Fsp3) is 0.500. The SMILES string of the molecule is CC[C@H](C)[C@H](Nc1ccc2c(cc1=O)[C@@H](NC(C)=O)CCc1cc(OC)c(OC)c(OC)c1-2)C(=O)NCCCC(=O)OC. The zero-order valence-electron chi connectivity index (χ0n) is 26.1. The number of carbonyl (C=O) groups excluding carboxylic acids is 3. The Balaban J connectivity index is 2.12. The van der Waals surface area contributed by atoms with Crippen LogP contribution in [0.5, 0.6) is 17.2 Å². The summed E-state index contributed by atoms with van der Waals surface area (Å²) in [5.74, 6) is 0.449. The lowest BCUT2D eigenvalue weighted by molar-refractivity contribution is -0.140. The van der Waals surface area contributed by atoms with Crippen molar-refractivity contribution in [1.29, 1.82) is 0 Å². The fourth-order valence-corrected chi connectivity index (χ4v) is 5.35. The van der Waals surface area contributed by atoms with E-state index < -0.39 is 12.1 Å². The lowest BCUT2D eigenvalue weighted by atomic mass is 9.95. The van der Waals surface area contributed by atoms with Gasteiger partial charge in [-0.3, -0.25) is 19.2 Å². The van der Waals surface area contributed by atoms with Gasteiger partial charge in [-0.25, -0.2) is 0 Å². The van der Waals surface area contributed by atoms with Crippen LogP contribution in [0.2, 0.25) is 0 Å². The van der Waals surface area contributed by atoms with Crippen LogP contribution in [0.15, 0.2) is 29.1 Å². The summed E-state index contributed by atoms with van der Waals surface area (Å²) >= 11 is 0. The predicted octanol–water partition coefficient (Wildman–Crippen LogP) is 3.76. The molecule has 1 aliphatic carbocycles. The highest BCUT2D eigenvalue weighted by Crippen LogP contribution is 2.50. The van der Waals surface area contributed by atoms with Crippen LogP contribution in [0, 0.1) is 5.92 Å². The number of esters is 1. The number of amides is 2. The quantitative estimate of drug-likeness (QED) is 0.232. The van der Waals surface area contributed by atoms with Gasteiger partial charge in [-0.15, -0.1) is 0 Å². The third-order valence-electron chi connectivity index (χ3n) is 7.81. The number of hydrogen-bond acceptors (Lipinski definition) is 9. The summed E-state index contributed by atoms with van der Waals surface area (Å²) in [5.41, 5.74) is 2.90. The molecule has 43 heavy (non-hydrogen) atoms. The molecule has 0 aromatic heterocycles. The minimum absolute atomic E-state index is 0.104. The Morgan fingerprint density at radius 3 is 2.35 bits per heavy atom. The van der Waals surface area contributed by atoms with Gasteiger partial charge < -0.3 is 34.9 Å². The van der Waals surface area contributed by atoms with E-state index in [9.17, 15) is 19.2 Å². The standard InChI is InChI=1S/C32H43N3O8/c1-8-18(2)29(32(39)33-15-9-10-27(38)41-5)35-24-14-12-21-22(17-25(24)37)23(34-19(3)36)13-11-20-16-26(40-4)30(42-6)31(43-7)28(20)21/h12,14,16-18,23,29H,8-11,13,15H2,1-7H3,(H,33,39)(H,34,36)(H,35,37)/t18-,23-,29-/m0/s1. The fourth-order valence-electron chi connectivity index (χ4n) is 5.35. The number of carbonyl (C=O) groups is 3. The summed E-state index contributed by atoms with van der Waals surface area (Å²) in [6.45, 7) is 5.64. The van der Waals surface area contributed by atoms with Crippen molar-refractivity contribution in [2.75, 3.05) is 40.3 Å². The summed E-state index contributed by atoms with van der Waals surface area (Å²) in [6, 6.07) is 5.75. The van der Waals surface area contributed by atoms with Crippen molar-refractivity contribution >= 4 is 23.5 Å². The second-order valence-corrected chi connectivity index (χ2v) is 10.6. The molecule has 0 radical (unpaired) electrons. The second kappa shape index (κ2) is 15.3. The molecule has 2 aromatic rings. The van der Waals surface area contributed by atoms with Crippen molar-refractivity contribution in [2.45, 2.75) is 65.0 Å². The third kappa shape index (κ3) is 7.77. The Hall–Kier alpha value is -4.28. The van der Waals surface area contributed by atoms with Crippen LogP contribution in [-0.4, -0.2) is 58.8 Å². The van der Waals surface area contributed by atoms with E-state index in [0.717, 1.165) is 11.1 Å². The molecule has 0 fully saturated rings. The Morgan fingerprint density at radius 1 is 1.02 bits per heavy atom. The molecule has 234 valence electrons. The average Bonchev–Trinajstić information content (AvgIpc) is 3.24. The van der Waals surface area contributed by atoms with Gasteiger partial charge >= 0.3 is 5.97 Å². The van der Waals surface area contributed by atoms with Gasteiger partial charge in [0.25, 0.3) is 0 Å². The van der Waals surface area contributed by atoms with Gasteiger partial charge in [0, 0.05) is 25.5 Å². The maximum Gasteiger partial charge on any atom is 0.305 e. The number of anilines is 1. The van der Waals surface area contributed by atoms with Crippen molar-refractivity contribution < 1.29 is 33.3 Å². The smallest absolute Gasteiger partial charge is 0.305 e. The first kappa shape index (κ1) is 33.2. The molecule has 0 saturated heterocycles. The molecule has 11 heteroatoms. The molecule has 0 bridgehead atoms. The first-order valence-corrected chi connectivity index (χ1v) is 14.5. The van der Waals surface area contributed by atoms with Gasteiger partial charge in [-0.1, -0.05) is 26.3 Å². The summed E-state index contributed by atoms with van der Waals surface area (Å²) < 4.78 is 21.7. The van der Waals surface area contributed by atoms with Crippen LogP contribution in [0.4, 0.5) is 5.69 Å². The molecule has 2 amide bonds. The van der Waals surface area contributed by atoms with E-state index in [1.165, 1.54) is 27.2 Å². The molecule has 0 spiro atoms. The number of aryl methyl sites for hydroxylation is 1. The number of benzene rings is 1. The van der Waals surface area contributed by atoms with Gasteiger partial charge in [0.1, 0.15) is 6.04 Å². The summed E-state index contributed by atoms with van der Waals surface area (Å²) in [7, 11) is 5.95. The van der Waals surface area contributed by atoms with Gasteiger partial charge in [0.15, 0.2) is 11.5 Å². The predicted molar refractivity (Wildman–Crippen MR) is 164 cm³/mol. The van der Waals surface area contributed by atoms with Crippen molar-refractivity contribution in [3.63, 3.8) is 0 Å². The van der Waals surface area contributed by atoms with E-state index in [2.05, 4.69) is 20.7 Å². The van der Waals surface area contributed by atoms with Gasteiger partial charge in [-0.05, 0) is 60.1 Å². The summed E-state index contributed by atoms with van der Waals surface area (Å²) in [4.78, 5) is 50.6. The van der Waals surface area contributed by atoms with Gasteiger partial charge in [0.05, 0.1) is 40.2 Å². The second-order valence-electron chi connectivity index (χ2n) is 10.6. The number of nitrogens with one attached hydrogen (secondary N) is 3. The highest BCUT2D eigenvalue weighted by molar-refractivity contribution is 5.86. The molecule has 0 heterocycles. The number of hydrogen-bond donors (Lipinski definition) is 3. The number of methoxy groups -OCH3 is 4. The van der Waals surface area contributed by atoms with Crippen LogP contribution in [-0.2, 0) is 25.5 Å². The molecule has 0 unspecified atom stereocenters. The number of rotatable bonds is 13. The molecule has 3 N–H and O–H groups in total. The van der Waals surface area contributed by atoms with Gasteiger partial charge in [-0.2, -0.15) is 0 Å². The molecule has 2 aromatic carbocycles. The minimum Gasteiger partial charge on any atom is -0.493 e. The molecule has 11 nitrogen and oxygen atoms in total. The van der Waals surface area contributed by atoms with Crippen LogP contribution in [0.25, 0.3) is 11.1 Å². The van der Waals surface area contributed by atoms with Crippen LogP contribution >= 0.6 is 0 Å². The van der Waals surface area contributed by atoms with Gasteiger partial charge in [0.2, 0.25) is 23.0 Å². The molecule has 0 aliphatic heterocycles. The Kier molecular flexibility index (Phi) is 11.8. The van der Waals surface area contributed by atoms with E-state index in [1.54, 1.807) is 20.3 Å². The molecule has 3 rings (SSSR count). The first-order valence-electron chi connectivity index (χ1n) is 14.5. The monoisotopic (exact) mass is 597 g/mol.